The van der Waals surface area contributed by atoms with E-state index in [0.717, 1.165) is 28.1 Å². The standard InChI is InChI=1S/C21H21N3O2S/c1-12-6-4-8-16(10-12)24-20-18(13(2)23-24)19(27-14(3)21(26)22-20)15-7-5-9-17(25)11-15/h4-11,14,19,25H,1-3H3,(H,22,26). The zero-order valence-electron chi connectivity index (χ0n) is 15.4. The van der Waals surface area contributed by atoms with Gasteiger partial charge in [0.15, 0.2) is 0 Å². The highest BCUT2D eigenvalue weighted by atomic mass is 32.2. The number of amides is 1. The maximum atomic E-state index is 12.7. The van der Waals surface area contributed by atoms with Crippen LogP contribution in [0.4, 0.5) is 5.82 Å². The van der Waals surface area contributed by atoms with Gasteiger partial charge in [0.2, 0.25) is 5.91 Å². The van der Waals surface area contributed by atoms with E-state index in [9.17, 15) is 9.90 Å². The number of nitrogens with one attached hydrogen (secondary N) is 1. The van der Waals surface area contributed by atoms with Gasteiger partial charge in [0.05, 0.1) is 21.9 Å². The van der Waals surface area contributed by atoms with Crippen molar-refractivity contribution in [2.45, 2.75) is 31.3 Å². The van der Waals surface area contributed by atoms with Crippen LogP contribution in [0.25, 0.3) is 5.69 Å². The summed E-state index contributed by atoms with van der Waals surface area (Å²) >= 11 is 1.57. The van der Waals surface area contributed by atoms with Crippen LogP contribution in [-0.2, 0) is 4.79 Å². The molecule has 4 rings (SSSR count). The predicted octanol–water partition coefficient (Wildman–Crippen LogP) is 4.36. The van der Waals surface area contributed by atoms with E-state index < -0.39 is 0 Å². The van der Waals surface area contributed by atoms with E-state index in [2.05, 4.69) is 5.32 Å². The predicted molar refractivity (Wildman–Crippen MR) is 109 cm³/mol. The number of carbonyl (C=O) groups excluding carboxylic acids is 1. The fourth-order valence-corrected chi connectivity index (χ4v) is 4.72. The normalized spacial score (nSPS) is 19.3. The second-order valence-electron chi connectivity index (χ2n) is 6.84. The molecule has 0 radical (unpaired) electrons. The third-order valence-electron chi connectivity index (χ3n) is 4.74. The summed E-state index contributed by atoms with van der Waals surface area (Å²) in [6.07, 6.45) is 0. The van der Waals surface area contributed by atoms with Crippen molar-refractivity contribution in [1.82, 2.24) is 9.78 Å². The average molecular weight is 379 g/mol. The van der Waals surface area contributed by atoms with Gasteiger partial charge in [-0.05, 0) is 56.2 Å². The molecule has 2 atom stereocenters. The first-order valence-electron chi connectivity index (χ1n) is 8.86. The molecule has 2 heterocycles. The van der Waals surface area contributed by atoms with E-state index in [0.29, 0.717) is 5.82 Å². The highest BCUT2D eigenvalue weighted by Crippen LogP contribution is 2.46. The molecule has 0 spiro atoms. The van der Waals surface area contributed by atoms with Crippen LogP contribution in [0.3, 0.4) is 0 Å². The summed E-state index contributed by atoms with van der Waals surface area (Å²) in [6.45, 7) is 5.90. The van der Waals surface area contributed by atoms with Gasteiger partial charge in [-0.2, -0.15) is 5.10 Å². The van der Waals surface area contributed by atoms with Crippen LogP contribution < -0.4 is 5.32 Å². The van der Waals surface area contributed by atoms with Crippen molar-refractivity contribution in [3.05, 3.63) is 70.9 Å². The van der Waals surface area contributed by atoms with Crippen molar-refractivity contribution in [3.63, 3.8) is 0 Å². The van der Waals surface area contributed by atoms with Crippen LogP contribution in [0.1, 0.15) is 34.6 Å². The van der Waals surface area contributed by atoms with Gasteiger partial charge in [0, 0.05) is 5.56 Å². The Morgan fingerprint density at radius 2 is 1.93 bits per heavy atom. The lowest BCUT2D eigenvalue weighted by Crippen LogP contribution is -2.22. The summed E-state index contributed by atoms with van der Waals surface area (Å²) in [7, 11) is 0. The summed E-state index contributed by atoms with van der Waals surface area (Å²) in [4.78, 5) is 12.7. The van der Waals surface area contributed by atoms with Gasteiger partial charge in [0.25, 0.3) is 0 Å². The molecule has 2 N–H and O–H groups in total. The van der Waals surface area contributed by atoms with Gasteiger partial charge in [0.1, 0.15) is 11.6 Å². The molecule has 0 aliphatic carbocycles. The number of rotatable bonds is 2. The topological polar surface area (TPSA) is 67.2 Å². The van der Waals surface area contributed by atoms with E-state index in [1.54, 1.807) is 23.9 Å². The molecule has 1 aliphatic rings. The van der Waals surface area contributed by atoms with Gasteiger partial charge >= 0.3 is 0 Å². The van der Waals surface area contributed by atoms with Crippen LogP contribution >= 0.6 is 11.8 Å². The number of hydrogen-bond donors (Lipinski definition) is 2. The molecule has 3 aromatic rings. The number of fused-ring (bicyclic) bond motifs is 1. The highest BCUT2D eigenvalue weighted by molar-refractivity contribution is 8.01. The van der Waals surface area contributed by atoms with Crippen LogP contribution in [0, 0.1) is 13.8 Å². The first-order chi connectivity index (χ1) is 12.9. The largest absolute Gasteiger partial charge is 0.508 e. The molecule has 1 amide bonds. The first kappa shape index (κ1) is 17.7. The van der Waals surface area contributed by atoms with Gasteiger partial charge in [-0.3, -0.25) is 4.79 Å². The highest BCUT2D eigenvalue weighted by Gasteiger charge is 2.34. The number of aromatic nitrogens is 2. The Morgan fingerprint density at radius 3 is 2.67 bits per heavy atom. The zero-order valence-corrected chi connectivity index (χ0v) is 16.2. The van der Waals surface area contributed by atoms with Crippen molar-refractivity contribution < 1.29 is 9.90 Å². The number of benzene rings is 2. The zero-order chi connectivity index (χ0) is 19.1. The minimum atomic E-state index is -0.227. The van der Waals surface area contributed by atoms with Crippen molar-refractivity contribution in [3.8, 4) is 11.4 Å². The SMILES string of the molecule is Cc1cccc(-n2nc(C)c3c2NC(=O)C(C)SC3c2cccc(O)c2)c1. The Balaban J connectivity index is 1.93. The molecule has 0 fully saturated rings. The molecule has 0 saturated heterocycles. The summed E-state index contributed by atoms with van der Waals surface area (Å²) in [5.74, 6) is 0.876. The number of carbonyl (C=O) groups is 1. The summed E-state index contributed by atoms with van der Waals surface area (Å²) in [5, 5.41) is 17.4. The van der Waals surface area contributed by atoms with E-state index in [-0.39, 0.29) is 22.2 Å². The molecule has 2 aromatic carbocycles. The van der Waals surface area contributed by atoms with E-state index in [4.69, 9.17) is 5.10 Å². The molecule has 5 nitrogen and oxygen atoms in total. The number of hydrogen-bond acceptors (Lipinski definition) is 4. The number of aryl methyl sites for hydroxylation is 2. The fraction of sp³-hybridized carbons (Fsp3) is 0.238. The molecule has 1 aliphatic heterocycles. The number of thioether (sulfide) groups is 1. The second-order valence-corrected chi connectivity index (χ2v) is 8.29. The Morgan fingerprint density at radius 1 is 1.15 bits per heavy atom. The number of nitrogens with zero attached hydrogens (tertiary/aromatic N) is 2. The molecule has 2 unspecified atom stereocenters. The van der Waals surface area contributed by atoms with Crippen LogP contribution in [0.15, 0.2) is 48.5 Å². The monoisotopic (exact) mass is 379 g/mol. The molecule has 0 saturated carbocycles. The second kappa shape index (κ2) is 6.78. The molecule has 0 bridgehead atoms. The lowest BCUT2D eigenvalue weighted by molar-refractivity contribution is -0.115. The fourth-order valence-electron chi connectivity index (χ4n) is 3.41. The minimum Gasteiger partial charge on any atom is -0.508 e. The Bertz CT molecular complexity index is 1030. The lowest BCUT2D eigenvalue weighted by Gasteiger charge is -2.17. The third-order valence-corrected chi connectivity index (χ3v) is 6.14. The van der Waals surface area contributed by atoms with Crippen molar-refractivity contribution >= 4 is 23.5 Å². The first-order valence-corrected chi connectivity index (χ1v) is 9.80. The molecule has 27 heavy (non-hydrogen) atoms. The molecule has 138 valence electrons. The van der Waals surface area contributed by atoms with E-state index >= 15 is 0 Å². The molecular weight excluding hydrogens is 358 g/mol. The molecule has 1 aromatic heterocycles. The summed E-state index contributed by atoms with van der Waals surface area (Å²) in [5.41, 5.74) is 4.83. The van der Waals surface area contributed by atoms with Gasteiger partial charge in [-0.1, -0.05) is 24.3 Å². The number of anilines is 1. The van der Waals surface area contributed by atoms with Crippen LogP contribution in [-0.4, -0.2) is 26.0 Å². The van der Waals surface area contributed by atoms with Gasteiger partial charge in [-0.25, -0.2) is 4.68 Å². The van der Waals surface area contributed by atoms with Crippen molar-refractivity contribution in [2.75, 3.05) is 5.32 Å². The van der Waals surface area contributed by atoms with Gasteiger partial charge < -0.3 is 10.4 Å². The quantitative estimate of drug-likeness (QED) is 0.694. The Hall–Kier alpha value is -2.73. The molecular formula is C21H21N3O2S. The number of phenols is 1. The average Bonchev–Trinajstić information content (AvgIpc) is 2.88. The van der Waals surface area contributed by atoms with E-state index in [1.165, 1.54) is 0 Å². The number of phenolic OH excluding ortho intramolecular Hbond substituents is 1. The van der Waals surface area contributed by atoms with Crippen molar-refractivity contribution in [1.29, 1.82) is 0 Å². The van der Waals surface area contributed by atoms with Crippen molar-refractivity contribution in [2.24, 2.45) is 0 Å². The Labute approximate surface area is 162 Å². The Kier molecular flexibility index (Phi) is 4.44. The smallest absolute Gasteiger partial charge is 0.238 e. The minimum absolute atomic E-state index is 0.0438. The maximum Gasteiger partial charge on any atom is 0.238 e. The lowest BCUT2D eigenvalue weighted by atomic mass is 10.0. The van der Waals surface area contributed by atoms with Gasteiger partial charge in [-0.15, -0.1) is 11.8 Å². The number of aromatic hydroxyl groups is 1. The summed E-state index contributed by atoms with van der Waals surface area (Å²) in [6, 6.07) is 15.3. The molecule has 6 heteroatoms. The van der Waals surface area contributed by atoms with Crippen LogP contribution in [0.2, 0.25) is 0 Å². The van der Waals surface area contributed by atoms with E-state index in [1.807, 2.05) is 61.9 Å². The third kappa shape index (κ3) is 3.21. The van der Waals surface area contributed by atoms with Crippen LogP contribution in [0.5, 0.6) is 5.75 Å². The summed E-state index contributed by atoms with van der Waals surface area (Å²) < 4.78 is 1.81. The maximum absolute atomic E-state index is 12.7.